The molecule has 3 heteroatoms. The van der Waals surface area contributed by atoms with Gasteiger partial charge in [0, 0.05) is 6.04 Å². The minimum Gasteiger partial charge on any atom is -0.497 e. The van der Waals surface area contributed by atoms with E-state index in [9.17, 15) is 5.11 Å². The summed E-state index contributed by atoms with van der Waals surface area (Å²) < 4.78 is 5.26. The lowest BCUT2D eigenvalue weighted by atomic mass is 10.1. The number of methoxy groups -OCH3 is 1. The first-order valence-electron chi connectivity index (χ1n) is 7.38. The van der Waals surface area contributed by atoms with Crippen LogP contribution in [0, 0.1) is 0 Å². The van der Waals surface area contributed by atoms with Gasteiger partial charge in [-0.05, 0) is 55.6 Å². The van der Waals surface area contributed by atoms with Crippen molar-refractivity contribution in [3.63, 3.8) is 0 Å². The van der Waals surface area contributed by atoms with Gasteiger partial charge in [0.05, 0.1) is 13.2 Å². The van der Waals surface area contributed by atoms with Crippen LogP contribution >= 0.6 is 0 Å². The molecule has 0 aromatic heterocycles. The van der Waals surface area contributed by atoms with E-state index in [-0.39, 0.29) is 12.1 Å². The Labute approximate surface area is 115 Å². The molecule has 104 valence electrons. The van der Waals surface area contributed by atoms with Gasteiger partial charge in [0.2, 0.25) is 0 Å². The Kier molecular flexibility index (Phi) is 3.76. The largest absolute Gasteiger partial charge is 0.497 e. The normalized spacial score (nSPS) is 27.9. The van der Waals surface area contributed by atoms with Crippen molar-refractivity contribution in [1.82, 2.24) is 4.90 Å². The van der Waals surface area contributed by atoms with Gasteiger partial charge in [-0.2, -0.15) is 0 Å². The molecule has 0 radical (unpaired) electrons. The number of aliphatic hydroxyl groups is 1. The highest BCUT2D eigenvalue weighted by molar-refractivity contribution is 5.41. The van der Waals surface area contributed by atoms with Crippen molar-refractivity contribution in [1.29, 1.82) is 0 Å². The first-order chi connectivity index (χ1) is 9.29. The van der Waals surface area contributed by atoms with E-state index in [4.69, 9.17) is 4.74 Å². The van der Waals surface area contributed by atoms with E-state index in [1.54, 1.807) is 7.11 Å². The fraction of sp³-hybridized carbons (Fsp3) is 0.625. The van der Waals surface area contributed by atoms with E-state index in [1.165, 1.54) is 31.2 Å². The van der Waals surface area contributed by atoms with Gasteiger partial charge in [-0.15, -0.1) is 0 Å². The summed E-state index contributed by atoms with van der Waals surface area (Å²) >= 11 is 0. The minimum atomic E-state index is -0.358. The Morgan fingerprint density at radius 2 is 1.89 bits per heavy atom. The molecule has 0 saturated carbocycles. The van der Waals surface area contributed by atoms with E-state index < -0.39 is 0 Å². The second-order valence-corrected chi connectivity index (χ2v) is 5.73. The zero-order valence-corrected chi connectivity index (χ0v) is 11.6. The van der Waals surface area contributed by atoms with Crippen molar-refractivity contribution in [2.24, 2.45) is 0 Å². The third-order valence-corrected chi connectivity index (χ3v) is 4.57. The Morgan fingerprint density at radius 3 is 2.58 bits per heavy atom. The van der Waals surface area contributed by atoms with E-state index >= 15 is 0 Å². The van der Waals surface area contributed by atoms with E-state index in [1.807, 2.05) is 12.1 Å². The quantitative estimate of drug-likeness (QED) is 0.888. The van der Waals surface area contributed by atoms with Crippen molar-refractivity contribution in [3.05, 3.63) is 29.3 Å². The number of benzene rings is 1. The number of rotatable bonds is 2. The number of aliphatic hydroxyl groups excluding tert-OH is 1. The molecular formula is C16H23NO2. The molecule has 1 aromatic carbocycles. The van der Waals surface area contributed by atoms with Crippen LogP contribution in [0.25, 0.3) is 0 Å². The lowest BCUT2D eigenvalue weighted by Gasteiger charge is -2.29. The van der Waals surface area contributed by atoms with Crippen LogP contribution in [0.4, 0.5) is 0 Å². The van der Waals surface area contributed by atoms with Crippen molar-refractivity contribution in [2.45, 2.75) is 44.2 Å². The molecule has 0 bridgehead atoms. The van der Waals surface area contributed by atoms with E-state index in [0.717, 1.165) is 30.8 Å². The van der Waals surface area contributed by atoms with Gasteiger partial charge < -0.3 is 9.84 Å². The molecule has 3 rings (SSSR count). The molecule has 1 aliphatic carbocycles. The lowest BCUT2D eigenvalue weighted by molar-refractivity contribution is 0.0625. The molecule has 19 heavy (non-hydrogen) atoms. The molecule has 1 aliphatic heterocycles. The summed E-state index contributed by atoms with van der Waals surface area (Å²) in [5, 5.41) is 10.6. The third-order valence-electron chi connectivity index (χ3n) is 4.57. The molecule has 0 amide bonds. The maximum absolute atomic E-state index is 10.6. The molecule has 1 N–H and O–H groups in total. The predicted molar refractivity (Wildman–Crippen MR) is 75.5 cm³/mol. The van der Waals surface area contributed by atoms with Gasteiger partial charge in [0.1, 0.15) is 5.75 Å². The minimum absolute atomic E-state index is 0.264. The van der Waals surface area contributed by atoms with Gasteiger partial charge in [-0.3, -0.25) is 4.90 Å². The van der Waals surface area contributed by atoms with Crippen LogP contribution in [0.5, 0.6) is 5.75 Å². The summed E-state index contributed by atoms with van der Waals surface area (Å²) in [7, 11) is 1.68. The van der Waals surface area contributed by atoms with E-state index in [0.29, 0.717) is 0 Å². The fourth-order valence-electron chi connectivity index (χ4n) is 3.46. The van der Waals surface area contributed by atoms with Gasteiger partial charge >= 0.3 is 0 Å². The van der Waals surface area contributed by atoms with Gasteiger partial charge in [-0.25, -0.2) is 0 Å². The van der Waals surface area contributed by atoms with Gasteiger partial charge in [-0.1, -0.05) is 18.9 Å². The third kappa shape index (κ3) is 2.49. The number of fused-ring (bicyclic) bond motifs is 1. The average molecular weight is 261 g/mol. The van der Waals surface area contributed by atoms with Crippen LogP contribution in [0.3, 0.4) is 0 Å². The Bertz CT molecular complexity index is 438. The van der Waals surface area contributed by atoms with Crippen molar-refractivity contribution < 1.29 is 9.84 Å². The maximum Gasteiger partial charge on any atom is 0.119 e. The number of likely N-dealkylation sites (tertiary alicyclic amines) is 1. The highest BCUT2D eigenvalue weighted by atomic mass is 16.5. The van der Waals surface area contributed by atoms with Crippen LogP contribution < -0.4 is 4.74 Å². The van der Waals surface area contributed by atoms with Crippen molar-refractivity contribution in [2.75, 3.05) is 20.2 Å². The number of ether oxygens (including phenoxy) is 1. The maximum atomic E-state index is 10.6. The van der Waals surface area contributed by atoms with Crippen molar-refractivity contribution >= 4 is 0 Å². The number of hydrogen-bond donors (Lipinski definition) is 1. The molecular weight excluding hydrogens is 238 g/mol. The highest BCUT2D eigenvalue weighted by Gasteiger charge is 2.35. The van der Waals surface area contributed by atoms with Crippen LogP contribution in [-0.2, 0) is 6.42 Å². The Balaban J connectivity index is 1.79. The summed E-state index contributed by atoms with van der Waals surface area (Å²) in [6.07, 6.45) is 5.81. The summed E-state index contributed by atoms with van der Waals surface area (Å²) in [6, 6.07) is 6.36. The summed E-state index contributed by atoms with van der Waals surface area (Å²) in [5.74, 6) is 0.842. The Morgan fingerprint density at radius 1 is 1.16 bits per heavy atom. The average Bonchev–Trinajstić information content (AvgIpc) is 2.64. The van der Waals surface area contributed by atoms with Crippen molar-refractivity contribution in [3.8, 4) is 5.75 Å². The van der Waals surface area contributed by atoms with Crippen LogP contribution in [0.2, 0.25) is 0 Å². The summed E-state index contributed by atoms with van der Waals surface area (Å²) in [4.78, 5) is 2.49. The summed E-state index contributed by atoms with van der Waals surface area (Å²) in [5.41, 5.74) is 2.34. The fourth-order valence-corrected chi connectivity index (χ4v) is 3.46. The number of hydrogen-bond acceptors (Lipinski definition) is 3. The van der Waals surface area contributed by atoms with Gasteiger partial charge in [0.15, 0.2) is 0 Å². The second-order valence-electron chi connectivity index (χ2n) is 5.73. The number of nitrogens with zero attached hydrogens (tertiary/aromatic N) is 1. The van der Waals surface area contributed by atoms with Crippen LogP contribution in [0.1, 0.15) is 42.9 Å². The molecule has 2 unspecified atom stereocenters. The molecule has 1 fully saturated rings. The summed E-state index contributed by atoms with van der Waals surface area (Å²) in [6.45, 7) is 2.26. The second kappa shape index (κ2) is 5.51. The first kappa shape index (κ1) is 12.9. The topological polar surface area (TPSA) is 32.7 Å². The molecule has 3 nitrogen and oxygen atoms in total. The van der Waals surface area contributed by atoms with Crippen LogP contribution in [-0.4, -0.2) is 36.2 Å². The van der Waals surface area contributed by atoms with Gasteiger partial charge in [0.25, 0.3) is 0 Å². The molecule has 1 heterocycles. The predicted octanol–water partition coefficient (Wildman–Crippen LogP) is 2.53. The molecule has 2 atom stereocenters. The standard InChI is InChI=1S/C16H23NO2/c1-19-13-7-6-12-10-15(16(18)14(12)11-13)17-8-4-2-3-5-9-17/h6-7,11,15-16,18H,2-5,8-10H2,1H3. The molecule has 0 spiro atoms. The lowest BCUT2D eigenvalue weighted by Crippen LogP contribution is -2.38. The first-order valence-corrected chi connectivity index (χ1v) is 7.38. The Hall–Kier alpha value is -1.06. The molecule has 2 aliphatic rings. The highest BCUT2D eigenvalue weighted by Crippen LogP contribution is 2.37. The zero-order valence-electron chi connectivity index (χ0n) is 11.6. The van der Waals surface area contributed by atoms with Crippen LogP contribution in [0.15, 0.2) is 18.2 Å². The molecule has 1 aromatic rings. The SMILES string of the molecule is COc1ccc2c(c1)C(O)C(N1CCCCCC1)C2. The van der Waals surface area contributed by atoms with E-state index in [2.05, 4.69) is 11.0 Å². The smallest absolute Gasteiger partial charge is 0.119 e. The zero-order chi connectivity index (χ0) is 13.2. The molecule has 1 saturated heterocycles. The monoisotopic (exact) mass is 261 g/mol.